The van der Waals surface area contributed by atoms with Crippen LogP contribution >= 0.6 is 23.2 Å². The second-order valence-electron chi connectivity index (χ2n) is 10.9. The summed E-state index contributed by atoms with van der Waals surface area (Å²) < 4.78 is 34.9. The third-order valence-electron chi connectivity index (χ3n) is 7.48. The van der Waals surface area contributed by atoms with Crippen LogP contribution < -0.4 is 14.4 Å². The number of carbonyl (C=O) groups excluding carboxylic acids is 2. The molecule has 0 saturated carbocycles. The molecule has 1 N–H and O–H groups in total. The summed E-state index contributed by atoms with van der Waals surface area (Å²) >= 11 is 12.5. The van der Waals surface area contributed by atoms with E-state index >= 15 is 0 Å². The molecule has 0 aliphatic heterocycles. The molecular formula is C36H39Cl2N3O5S. The van der Waals surface area contributed by atoms with Gasteiger partial charge in [0.15, 0.2) is 0 Å². The first kappa shape index (κ1) is 35.8. The summed E-state index contributed by atoms with van der Waals surface area (Å²) in [4.78, 5) is 29.9. The van der Waals surface area contributed by atoms with Gasteiger partial charge in [-0.2, -0.15) is 0 Å². The summed E-state index contributed by atoms with van der Waals surface area (Å²) in [5.74, 6) is -0.349. The van der Waals surface area contributed by atoms with Crippen LogP contribution in [0.15, 0.2) is 108 Å². The first-order valence-corrected chi connectivity index (χ1v) is 17.7. The average Bonchev–Trinajstić information content (AvgIpc) is 3.08. The highest BCUT2D eigenvalue weighted by molar-refractivity contribution is 7.92. The standard InChI is InChI=1S/C36H39Cl2N3O5S/c1-3-5-22-39-36(43)34(24-27-12-8-6-9-13-27)40(25-28-16-21-32(37)33(38)23-28)35(42)26-41(29-17-19-30(20-18-29)46-4-2)47(44,45)31-14-10-7-11-15-31/h6-21,23,34H,3-5,22,24-26H2,1-2H3,(H,39,43)/t34-/m1/s1. The third-order valence-corrected chi connectivity index (χ3v) is 10.0. The SMILES string of the molecule is CCCCNC(=O)[C@@H](Cc1ccccc1)N(Cc1ccc(Cl)c(Cl)c1)C(=O)CN(c1ccc(OCC)cc1)S(=O)(=O)c1ccccc1. The van der Waals surface area contributed by atoms with Crippen molar-refractivity contribution in [2.45, 2.75) is 50.6 Å². The van der Waals surface area contributed by atoms with Gasteiger partial charge in [-0.15, -0.1) is 0 Å². The van der Waals surface area contributed by atoms with E-state index < -0.39 is 28.5 Å². The van der Waals surface area contributed by atoms with Gasteiger partial charge >= 0.3 is 0 Å². The zero-order chi connectivity index (χ0) is 33.8. The molecule has 8 nitrogen and oxygen atoms in total. The molecule has 4 rings (SSSR count). The van der Waals surface area contributed by atoms with Crippen molar-refractivity contribution < 1.29 is 22.7 Å². The van der Waals surface area contributed by atoms with Gasteiger partial charge in [-0.05, 0) is 73.0 Å². The fourth-order valence-corrected chi connectivity index (χ4v) is 6.77. The van der Waals surface area contributed by atoms with Crippen LogP contribution in [0.2, 0.25) is 10.0 Å². The van der Waals surface area contributed by atoms with Gasteiger partial charge < -0.3 is 15.0 Å². The number of halogens is 2. The number of hydrogen-bond donors (Lipinski definition) is 1. The maximum atomic E-state index is 14.6. The van der Waals surface area contributed by atoms with E-state index in [1.807, 2.05) is 44.2 Å². The average molecular weight is 697 g/mol. The van der Waals surface area contributed by atoms with E-state index in [0.29, 0.717) is 34.5 Å². The number of nitrogens with one attached hydrogen (secondary N) is 1. The van der Waals surface area contributed by atoms with Crippen LogP contribution in [-0.4, -0.2) is 50.9 Å². The fourth-order valence-electron chi connectivity index (χ4n) is 5.02. The molecule has 4 aromatic carbocycles. The van der Waals surface area contributed by atoms with Crippen molar-refractivity contribution >= 4 is 50.7 Å². The van der Waals surface area contributed by atoms with Gasteiger partial charge in [0.2, 0.25) is 11.8 Å². The molecule has 0 bridgehead atoms. The highest BCUT2D eigenvalue weighted by Gasteiger charge is 2.34. The van der Waals surface area contributed by atoms with E-state index in [2.05, 4.69) is 5.32 Å². The minimum atomic E-state index is -4.21. The topological polar surface area (TPSA) is 96.0 Å². The van der Waals surface area contributed by atoms with Crippen LogP contribution in [0.3, 0.4) is 0 Å². The number of benzene rings is 4. The van der Waals surface area contributed by atoms with Crippen molar-refractivity contribution in [2.24, 2.45) is 0 Å². The molecule has 0 aliphatic carbocycles. The molecule has 0 aliphatic rings. The predicted octanol–water partition coefficient (Wildman–Crippen LogP) is 7.14. The van der Waals surface area contributed by atoms with Crippen molar-refractivity contribution in [2.75, 3.05) is 24.0 Å². The summed E-state index contributed by atoms with van der Waals surface area (Å²) in [6.07, 6.45) is 1.86. The number of nitrogens with zero attached hydrogens (tertiary/aromatic N) is 2. The molecule has 0 saturated heterocycles. The lowest BCUT2D eigenvalue weighted by molar-refractivity contribution is -0.140. The van der Waals surface area contributed by atoms with E-state index in [0.717, 1.165) is 22.7 Å². The van der Waals surface area contributed by atoms with Gasteiger partial charge in [-0.3, -0.25) is 13.9 Å². The van der Waals surface area contributed by atoms with Crippen LogP contribution in [0.5, 0.6) is 5.75 Å². The lowest BCUT2D eigenvalue weighted by Crippen LogP contribution is -2.53. The van der Waals surface area contributed by atoms with Crippen molar-refractivity contribution in [3.8, 4) is 5.75 Å². The van der Waals surface area contributed by atoms with Crippen molar-refractivity contribution in [3.05, 3.63) is 124 Å². The predicted molar refractivity (Wildman–Crippen MR) is 187 cm³/mol. The Morgan fingerprint density at radius 2 is 1.49 bits per heavy atom. The zero-order valence-electron chi connectivity index (χ0n) is 26.4. The molecule has 47 heavy (non-hydrogen) atoms. The summed E-state index contributed by atoms with van der Waals surface area (Å²) in [5.41, 5.74) is 1.74. The smallest absolute Gasteiger partial charge is 0.264 e. The summed E-state index contributed by atoms with van der Waals surface area (Å²) in [6, 6.07) is 27.9. The minimum absolute atomic E-state index is 0.0169. The highest BCUT2D eigenvalue weighted by atomic mass is 35.5. The van der Waals surface area contributed by atoms with Crippen LogP contribution in [0, 0.1) is 0 Å². The normalized spacial score (nSPS) is 11.8. The molecule has 0 unspecified atom stereocenters. The number of unbranched alkanes of at least 4 members (excludes halogenated alkanes) is 1. The second-order valence-corrected chi connectivity index (χ2v) is 13.5. The molecule has 0 heterocycles. The second kappa shape index (κ2) is 17.2. The first-order valence-electron chi connectivity index (χ1n) is 15.5. The number of hydrogen-bond acceptors (Lipinski definition) is 5. The molecule has 1 atom stereocenters. The van der Waals surface area contributed by atoms with Gasteiger partial charge in [0.05, 0.1) is 27.2 Å². The quantitative estimate of drug-likeness (QED) is 0.126. The number of anilines is 1. The lowest BCUT2D eigenvalue weighted by Gasteiger charge is -2.34. The lowest BCUT2D eigenvalue weighted by atomic mass is 10.0. The third kappa shape index (κ3) is 9.73. The fraction of sp³-hybridized carbons (Fsp3) is 0.278. The molecule has 2 amide bonds. The monoisotopic (exact) mass is 695 g/mol. The van der Waals surface area contributed by atoms with Gasteiger partial charge in [0, 0.05) is 19.5 Å². The Balaban J connectivity index is 1.79. The largest absolute Gasteiger partial charge is 0.494 e. The molecular weight excluding hydrogens is 657 g/mol. The molecule has 4 aromatic rings. The van der Waals surface area contributed by atoms with Crippen LogP contribution in [0.4, 0.5) is 5.69 Å². The maximum absolute atomic E-state index is 14.6. The van der Waals surface area contributed by atoms with E-state index in [9.17, 15) is 18.0 Å². The Bertz CT molecular complexity index is 1720. The molecule has 0 radical (unpaired) electrons. The molecule has 248 valence electrons. The van der Waals surface area contributed by atoms with Crippen LogP contribution in [0.1, 0.15) is 37.8 Å². The van der Waals surface area contributed by atoms with E-state index in [-0.39, 0.29) is 29.5 Å². The summed E-state index contributed by atoms with van der Waals surface area (Å²) in [5, 5.41) is 3.63. The summed E-state index contributed by atoms with van der Waals surface area (Å²) in [6.45, 7) is 4.17. The maximum Gasteiger partial charge on any atom is 0.264 e. The Kier molecular flexibility index (Phi) is 13.1. The van der Waals surface area contributed by atoms with Crippen LogP contribution in [-0.2, 0) is 32.6 Å². The number of rotatable bonds is 16. The summed E-state index contributed by atoms with van der Waals surface area (Å²) in [7, 11) is -4.21. The number of ether oxygens (including phenoxy) is 1. The van der Waals surface area contributed by atoms with Crippen molar-refractivity contribution in [3.63, 3.8) is 0 Å². The minimum Gasteiger partial charge on any atom is -0.494 e. The Morgan fingerprint density at radius 1 is 0.830 bits per heavy atom. The number of sulfonamides is 1. The van der Waals surface area contributed by atoms with Crippen molar-refractivity contribution in [1.29, 1.82) is 0 Å². The molecule has 0 spiro atoms. The van der Waals surface area contributed by atoms with Gasteiger partial charge in [-0.25, -0.2) is 8.42 Å². The zero-order valence-corrected chi connectivity index (χ0v) is 28.8. The first-order chi connectivity index (χ1) is 22.6. The van der Waals surface area contributed by atoms with Crippen molar-refractivity contribution in [1.82, 2.24) is 10.2 Å². The van der Waals surface area contributed by atoms with E-state index in [4.69, 9.17) is 27.9 Å². The number of amides is 2. The molecule has 0 fully saturated rings. The number of carbonyl (C=O) groups is 2. The van der Waals surface area contributed by atoms with Gasteiger partial charge in [0.25, 0.3) is 10.0 Å². The van der Waals surface area contributed by atoms with E-state index in [1.165, 1.54) is 17.0 Å². The van der Waals surface area contributed by atoms with Gasteiger partial charge in [-0.1, -0.05) is 91.1 Å². The van der Waals surface area contributed by atoms with E-state index in [1.54, 1.807) is 60.7 Å². The Labute approximate surface area is 287 Å². The van der Waals surface area contributed by atoms with Gasteiger partial charge in [0.1, 0.15) is 18.3 Å². The Morgan fingerprint density at radius 3 is 2.11 bits per heavy atom. The highest BCUT2D eigenvalue weighted by Crippen LogP contribution is 2.28. The molecule has 11 heteroatoms. The van der Waals surface area contributed by atoms with Crippen LogP contribution in [0.25, 0.3) is 0 Å². The molecule has 0 aromatic heterocycles. The Hall–Kier alpha value is -4.05.